The molecular weight excluding hydrogens is 392 g/mol. The minimum absolute atomic E-state index is 0.00763. The van der Waals surface area contributed by atoms with Gasteiger partial charge in [-0.25, -0.2) is 0 Å². The maximum Gasteiger partial charge on any atom is 0.256 e. The zero-order valence-electron chi connectivity index (χ0n) is 18.4. The molecule has 0 radical (unpaired) electrons. The minimum Gasteiger partial charge on any atom is -0.352 e. The number of amides is 2. The van der Waals surface area contributed by atoms with Crippen molar-refractivity contribution in [3.05, 3.63) is 63.8 Å². The Morgan fingerprint density at radius 2 is 1.81 bits per heavy atom. The van der Waals surface area contributed by atoms with Crippen LogP contribution in [-0.2, 0) is 13.0 Å². The maximum atomic E-state index is 13.0. The number of nitrogens with zero attached hydrogens (tertiary/aromatic N) is 2. The summed E-state index contributed by atoms with van der Waals surface area (Å²) in [5.41, 5.74) is 0.353. The molecule has 0 unspecified atom stereocenters. The molecule has 1 saturated carbocycles. The molecule has 1 aliphatic rings. The quantitative estimate of drug-likeness (QED) is 0.681. The van der Waals surface area contributed by atoms with E-state index in [1.54, 1.807) is 18.6 Å². The fourth-order valence-electron chi connectivity index (χ4n) is 4.01. The van der Waals surface area contributed by atoms with Gasteiger partial charge in [-0.1, -0.05) is 25.3 Å². The third-order valence-corrected chi connectivity index (χ3v) is 5.57. The van der Waals surface area contributed by atoms with Crippen molar-refractivity contribution >= 4 is 11.8 Å². The number of aromatic nitrogens is 2. The van der Waals surface area contributed by atoms with Crippen LogP contribution < -0.4 is 16.1 Å². The largest absolute Gasteiger partial charge is 0.352 e. The Kier molecular flexibility index (Phi) is 7.98. The van der Waals surface area contributed by atoms with Crippen molar-refractivity contribution in [1.82, 2.24) is 20.2 Å². The Bertz CT molecular complexity index is 947. The molecule has 31 heavy (non-hydrogen) atoms. The second-order valence-electron chi connectivity index (χ2n) is 8.57. The van der Waals surface area contributed by atoms with Gasteiger partial charge in [-0.3, -0.25) is 19.4 Å². The first-order valence-electron chi connectivity index (χ1n) is 11.2. The third kappa shape index (κ3) is 6.51. The summed E-state index contributed by atoms with van der Waals surface area (Å²) in [6.07, 6.45) is 11.4. The topological polar surface area (TPSA) is 93.1 Å². The van der Waals surface area contributed by atoms with Gasteiger partial charge in [0, 0.05) is 49.8 Å². The van der Waals surface area contributed by atoms with E-state index in [9.17, 15) is 14.4 Å². The van der Waals surface area contributed by atoms with Crippen LogP contribution in [-0.4, -0.2) is 34.0 Å². The smallest absolute Gasteiger partial charge is 0.256 e. The predicted octanol–water partition coefficient (Wildman–Crippen LogP) is 2.93. The van der Waals surface area contributed by atoms with Gasteiger partial charge >= 0.3 is 0 Å². The molecule has 0 spiro atoms. The lowest BCUT2D eigenvalue weighted by molar-refractivity contribution is 0.0941. The minimum atomic E-state index is -0.534. The normalized spacial score (nSPS) is 14.4. The summed E-state index contributed by atoms with van der Waals surface area (Å²) in [7, 11) is 0. The van der Waals surface area contributed by atoms with E-state index in [4.69, 9.17) is 0 Å². The first-order valence-corrected chi connectivity index (χ1v) is 11.2. The van der Waals surface area contributed by atoms with Crippen LogP contribution >= 0.6 is 0 Å². The van der Waals surface area contributed by atoms with E-state index in [0.717, 1.165) is 18.5 Å². The highest BCUT2D eigenvalue weighted by atomic mass is 16.2. The Labute approximate surface area is 183 Å². The van der Waals surface area contributed by atoms with E-state index in [1.807, 2.05) is 36.6 Å². The number of carbonyl (C=O) groups is 2. The number of carbonyl (C=O) groups excluding carboxylic acids is 2. The van der Waals surface area contributed by atoms with Crippen LogP contribution in [0.5, 0.6) is 0 Å². The fraction of sp³-hybridized carbons (Fsp3) is 0.500. The number of hydrogen-bond donors (Lipinski definition) is 2. The number of rotatable bonds is 8. The Balaban J connectivity index is 1.80. The molecule has 0 bridgehead atoms. The average molecular weight is 425 g/mol. The molecule has 2 aromatic rings. The second kappa shape index (κ2) is 10.9. The number of hydrogen-bond acceptors (Lipinski definition) is 4. The Morgan fingerprint density at radius 3 is 2.45 bits per heavy atom. The van der Waals surface area contributed by atoms with E-state index in [-0.39, 0.29) is 17.2 Å². The zero-order valence-corrected chi connectivity index (χ0v) is 18.4. The molecule has 166 valence electrons. The summed E-state index contributed by atoms with van der Waals surface area (Å²) in [6.45, 7) is 4.75. The van der Waals surface area contributed by atoms with Gasteiger partial charge in [0.05, 0.1) is 0 Å². The van der Waals surface area contributed by atoms with Gasteiger partial charge in [0.1, 0.15) is 11.1 Å². The van der Waals surface area contributed by atoms with Crippen LogP contribution in [0.25, 0.3) is 0 Å². The molecule has 1 fully saturated rings. The van der Waals surface area contributed by atoms with Gasteiger partial charge in [-0.2, -0.15) is 0 Å². The van der Waals surface area contributed by atoms with Gasteiger partial charge in [0.25, 0.3) is 11.8 Å². The molecule has 1 aliphatic carbocycles. The van der Waals surface area contributed by atoms with Gasteiger partial charge in [0.15, 0.2) is 0 Å². The van der Waals surface area contributed by atoms with Gasteiger partial charge in [-0.15, -0.1) is 0 Å². The van der Waals surface area contributed by atoms with Crippen LogP contribution in [0.15, 0.2) is 41.6 Å². The van der Waals surface area contributed by atoms with Crippen molar-refractivity contribution in [2.24, 2.45) is 5.92 Å². The van der Waals surface area contributed by atoms with Crippen molar-refractivity contribution in [2.45, 2.75) is 65.0 Å². The standard InChI is InChI=1S/C24H32N4O3/c1-17(2)27-24(31)21-16-28(14-18-8-4-3-5-9-18)15-20(22(21)29)23(30)26-13-11-19-10-6-7-12-25-19/h6-7,10,12,15-18H,3-5,8-9,11,13-14H2,1-2H3,(H,26,30)(H,27,31). The first kappa shape index (κ1) is 22.7. The van der Waals surface area contributed by atoms with Crippen LogP contribution in [0, 0.1) is 5.92 Å². The summed E-state index contributed by atoms with van der Waals surface area (Å²) in [5.74, 6) is -0.407. The summed E-state index contributed by atoms with van der Waals surface area (Å²) >= 11 is 0. The maximum absolute atomic E-state index is 13.0. The molecule has 7 nitrogen and oxygen atoms in total. The Morgan fingerprint density at radius 1 is 1.10 bits per heavy atom. The van der Waals surface area contributed by atoms with Crippen molar-refractivity contribution in [1.29, 1.82) is 0 Å². The highest BCUT2D eigenvalue weighted by Crippen LogP contribution is 2.25. The predicted molar refractivity (Wildman–Crippen MR) is 120 cm³/mol. The molecule has 0 aromatic carbocycles. The molecule has 0 saturated heterocycles. The number of pyridine rings is 2. The molecular formula is C24H32N4O3. The summed E-state index contributed by atoms with van der Waals surface area (Å²) in [6, 6.07) is 5.52. The highest BCUT2D eigenvalue weighted by Gasteiger charge is 2.21. The van der Waals surface area contributed by atoms with Gasteiger partial charge in [0.2, 0.25) is 5.43 Å². The molecule has 2 amide bonds. The van der Waals surface area contributed by atoms with Crippen molar-refractivity contribution in [2.75, 3.05) is 6.54 Å². The molecule has 3 rings (SSSR count). The second-order valence-corrected chi connectivity index (χ2v) is 8.57. The van der Waals surface area contributed by atoms with Crippen molar-refractivity contribution in [3.63, 3.8) is 0 Å². The zero-order chi connectivity index (χ0) is 22.2. The highest BCUT2D eigenvalue weighted by molar-refractivity contribution is 5.99. The summed E-state index contributed by atoms with van der Waals surface area (Å²) in [4.78, 5) is 42.7. The summed E-state index contributed by atoms with van der Waals surface area (Å²) < 4.78 is 1.85. The monoisotopic (exact) mass is 424 g/mol. The molecule has 2 heterocycles. The van der Waals surface area contributed by atoms with Crippen molar-refractivity contribution < 1.29 is 9.59 Å². The first-order chi connectivity index (χ1) is 14.9. The lowest BCUT2D eigenvalue weighted by atomic mass is 9.89. The average Bonchev–Trinajstić information content (AvgIpc) is 2.75. The van der Waals surface area contributed by atoms with E-state index >= 15 is 0 Å². The molecule has 7 heteroatoms. The number of nitrogens with one attached hydrogen (secondary N) is 2. The van der Waals surface area contributed by atoms with Crippen molar-refractivity contribution in [3.8, 4) is 0 Å². The summed E-state index contributed by atoms with van der Waals surface area (Å²) in [5, 5.41) is 5.57. The van der Waals surface area contributed by atoms with E-state index in [0.29, 0.717) is 25.4 Å². The molecule has 2 aromatic heterocycles. The molecule has 0 aliphatic heterocycles. The van der Waals surface area contributed by atoms with Crippen LogP contribution in [0.3, 0.4) is 0 Å². The van der Waals surface area contributed by atoms with E-state index in [2.05, 4.69) is 15.6 Å². The van der Waals surface area contributed by atoms with E-state index < -0.39 is 17.2 Å². The van der Waals surface area contributed by atoms with E-state index in [1.165, 1.54) is 19.3 Å². The van der Waals surface area contributed by atoms with Gasteiger partial charge < -0.3 is 15.2 Å². The molecule has 2 N–H and O–H groups in total. The lowest BCUT2D eigenvalue weighted by Crippen LogP contribution is -2.38. The molecule has 0 atom stereocenters. The van der Waals surface area contributed by atoms with Gasteiger partial charge in [-0.05, 0) is 44.7 Å². The van der Waals surface area contributed by atoms with Crippen LogP contribution in [0.1, 0.15) is 72.4 Å². The fourth-order valence-corrected chi connectivity index (χ4v) is 4.01. The van der Waals surface area contributed by atoms with Crippen LogP contribution in [0.4, 0.5) is 0 Å². The lowest BCUT2D eigenvalue weighted by Gasteiger charge is -2.23. The van der Waals surface area contributed by atoms with Crippen LogP contribution in [0.2, 0.25) is 0 Å². The third-order valence-electron chi connectivity index (χ3n) is 5.57. The SMILES string of the molecule is CC(C)NC(=O)c1cn(CC2CCCCC2)cc(C(=O)NCCc2ccccn2)c1=O. The Hall–Kier alpha value is -2.96.